The summed E-state index contributed by atoms with van der Waals surface area (Å²) in [4.78, 5) is 0. The number of benzene rings is 3. The Morgan fingerprint density at radius 1 is 0.630 bits per heavy atom. The summed E-state index contributed by atoms with van der Waals surface area (Å²) in [5.74, 6) is 0. The SMILES string of the molecule is CO[Si](C)(OC)OCC(c1ccccc1)(c1ccccc1)c1ccccc1. The summed E-state index contributed by atoms with van der Waals surface area (Å²) in [5, 5.41) is 0. The molecule has 0 N–H and O–H groups in total. The van der Waals surface area contributed by atoms with Gasteiger partial charge in [0.2, 0.25) is 0 Å². The topological polar surface area (TPSA) is 27.7 Å². The number of hydrogen-bond donors (Lipinski definition) is 0. The van der Waals surface area contributed by atoms with Gasteiger partial charge in [-0.2, -0.15) is 0 Å². The number of rotatable bonds is 8. The van der Waals surface area contributed by atoms with E-state index in [9.17, 15) is 0 Å². The lowest BCUT2D eigenvalue weighted by atomic mass is 9.70. The van der Waals surface area contributed by atoms with Gasteiger partial charge in [-0.15, -0.1) is 0 Å². The fraction of sp³-hybridized carbons (Fsp3) is 0.217. The van der Waals surface area contributed by atoms with Crippen molar-refractivity contribution in [1.82, 2.24) is 0 Å². The minimum Gasteiger partial charge on any atom is -0.377 e. The molecule has 3 nitrogen and oxygen atoms in total. The van der Waals surface area contributed by atoms with Crippen LogP contribution in [0, 0.1) is 0 Å². The van der Waals surface area contributed by atoms with Crippen molar-refractivity contribution in [2.24, 2.45) is 0 Å². The third-order valence-electron chi connectivity index (χ3n) is 5.09. The summed E-state index contributed by atoms with van der Waals surface area (Å²) in [7, 11) is 0.582. The van der Waals surface area contributed by atoms with Gasteiger partial charge in [0.25, 0.3) is 0 Å². The molecule has 0 heterocycles. The van der Waals surface area contributed by atoms with Gasteiger partial charge in [-0.3, -0.25) is 0 Å². The van der Waals surface area contributed by atoms with Crippen molar-refractivity contribution >= 4 is 8.80 Å². The van der Waals surface area contributed by atoms with Gasteiger partial charge in [0.15, 0.2) is 0 Å². The summed E-state index contributed by atoms with van der Waals surface area (Å²) in [6.07, 6.45) is 0. The monoisotopic (exact) mass is 378 g/mol. The van der Waals surface area contributed by atoms with Crippen molar-refractivity contribution in [3.05, 3.63) is 108 Å². The van der Waals surface area contributed by atoms with Crippen LogP contribution >= 0.6 is 0 Å². The Balaban J connectivity index is 2.20. The minimum absolute atomic E-state index is 0.426. The van der Waals surface area contributed by atoms with Gasteiger partial charge >= 0.3 is 8.80 Å². The summed E-state index contributed by atoms with van der Waals surface area (Å²) < 4.78 is 17.5. The second-order valence-corrected chi connectivity index (χ2v) is 9.39. The first-order valence-corrected chi connectivity index (χ1v) is 11.3. The molecule has 0 aliphatic heterocycles. The normalized spacial score (nSPS) is 12.1. The predicted molar refractivity (Wildman–Crippen MR) is 111 cm³/mol. The zero-order valence-corrected chi connectivity index (χ0v) is 17.1. The first kappa shape index (κ1) is 19.5. The molecular formula is C23H26O3Si. The zero-order chi connectivity index (χ0) is 19.2. The average Bonchev–Trinajstić information content (AvgIpc) is 2.76. The summed E-state index contributed by atoms with van der Waals surface area (Å²) >= 11 is 0. The maximum atomic E-state index is 6.35. The lowest BCUT2D eigenvalue weighted by molar-refractivity contribution is 0.0926. The van der Waals surface area contributed by atoms with Gasteiger partial charge in [-0.1, -0.05) is 91.0 Å². The maximum absolute atomic E-state index is 6.35. The molecule has 0 aliphatic carbocycles. The molecule has 27 heavy (non-hydrogen) atoms. The Bertz CT molecular complexity index is 721. The lowest BCUT2D eigenvalue weighted by Crippen LogP contribution is -2.46. The Labute approximate surface area is 162 Å². The van der Waals surface area contributed by atoms with Crippen molar-refractivity contribution in [3.8, 4) is 0 Å². The van der Waals surface area contributed by atoms with Crippen molar-refractivity contribution in [3.63, 3.8) is 0 Å². The van der Waals surface area contributed by atoms with Gasteiger partial charge in [0, 0.05) is 20.8 Å². The van der Waals surface area contributed by atoms with Gasteiger partial charge in [0.05, 0.1) is 12.0 Å². The van der Waals surface area contributed by atoms with Crippen LogP contribution in [0.25, 0.3) is 0 Å². The minimum atomic E-state index is -2.71. The first-order valence-electron chi connectivity index (χ1n) is 9.05. The molecule has 4 heteroatoms. The van der Waals surface area contributed by atoms with E-state index in [1.54, 1.807) is 14.2 Å². The molecule has 0 fully saturated rings. The molecule has 0 saturated carbocycles. The van der Waals surface area contributed by atoms with Crippen LogP contribution in [0.1, 0.15) is 16.7 Å². The standard InChI is InChI=1S/C23H26O3Si/c1-24-27(3,25-2)26-19-23(20-13-7-4-8-14-20,21-15-9-5-10-16-21)22-17-11-6-12-18-22/h4-18H,19H2,1-3H3. The van der Waals surface area contributed by atoms with E-state index >= 15 is 0 Å². The highest BCUT2D eigenvalue weighted by atomic mass is 28.4. The van der Waals surface area contributed by atoms with Crippen molar-refractivity contribution in [2.45, 2.75) is 12.0 Å². The molecule has 3 rings (SSSR count). The fourth-order valence-corrected chi connectivity index (χ4v) is 4.24. The Morgan fingerprint density at radius 2 is 0.963 bits per heavy atom. The van der Waals surface area contributed by atoms with E-state index in [0.717, 1.165) is 0 Å². The molecule has 0 unspecified atom stereocenters. The van der Waals surface area contributed by atoms with Crippen LogP contribution in [-0.2, 0) is 18.7 Å². The molecule has 0 bridgehead atoms. The summed E-state index contributed by atoms with van der Waals surface area (Å²) in [6.45, 7) is 2.34. The molecule has 0 radical (unpaired) electrons. The van der Waals surface area contributed by atoms with E-state index in [-0.39, 0.29) is 0 Å². The average molecular weight is 379 g/mol. The zero-order valence-electron chi connectivity index (χ0n) is 16.1. The van der Waals surface area contributed by atoms with Crippen LogP contribution in [0.15, 0.2) is 91.0 Å². The third kappa shape index (κ3) is 4.04. The van der Waals surface area contributed by atoms with Crippen LogP contribution in [0.3, 0.4) is 0 Å². The first-order chi connectivity index (χ1) is 13.1. The van der Waals surface area contributed by atoms with Crippen LogP contribution in [0.5, 0.6) is 0 Å². The van der Waals surface area contributed by atoms with Gasteiger partial charge in [-0.25, -0.2) is 0 Å². The highest BCUT2D eigenvalue weighted by molar-refractivity contribution is 6.59. The van der Waals surface area contributed by atoms with E-state index in [0.29, 0.717) is 6.61 Å². The predicted octanol–water partition coefficient (Wildman–Crippen LogP) is 4.90. The fourth-order valence-electron chi connectivity index (χ4n) is 3.36. The lowest BCUT2D eigenvalue weighted by Gasteiger charge is -2.38. The highest BCUT2D eigenvalue weighted by Gasteiger charge is 2.41. The van der Waals surface area contributed by atoms with E-state index in [2.05, 4.69) is 72.8 Å². The largest absolute Gasteiger partial charge is 0.497 e. The van der Waals surface area contributed by atoms with Gasteiger partial charge < -0.3 is 13.3 Å². The Kier molecular flexibility index (Phi) is 6.24. The molecule has 0 saturated heterocycles. The van der Waals surface area contributed by atoms with Crippen LogP contribution in [0.4, 0.5) is 0 Å². The number of hydrogen-bond acceptors (Lipinski definition) is 3. The molecule has 0 atom stereocenters. The van der Waals surface area contributed by atoms with Gasteiger partial charge in [-0.05, 0) is 16.7 Å². The van der Waals surface area contributed by atoms with E-state index < -0.39 is 14.2 Å². The molecule has 0 aliphatic rings. The smallest absolute Gasteiger partial charge is 0.377 e. The maximum Gasteiger partial charge on any atom is 0.497 e. The molecule has 0 amide bonds. The second kappa shape index (κ2) is 8.63. The Morgan fingerprint density at radius 3 is 1.26 bits per heavy atom. The van der Waals surface area contributed by atoms with Crippen LogP contribution in [0.2, 0.25) is 6.55 Å². The second-order valence-electron chi connectivity index (χ2n) is 6.56. The summed E-state index contributed by atoms with van der Waals surface area (Å²) in [6, 6.07) is 31.4. The molecule has 0 aromatic heterocycles. The molecule has 140 valence electrons. The Hall–Kier alpha value is -2.24. The van der Waals surface area contributed by atoms with Crippen molar-refractivity contribution in [2.75, 3.05) is 20.8 Å². The molecule has 3 aromatic carbocycles. The summed E-state index contributed by atoms with van der Waals surface area (Å²) in [5.41, 5.74) is 3.05. The van der Waals surface area contributed by atoms with E-state index in [4.69, 9.17) is 13.3 Å². The van der Waals surface area contributed by atoms with E-state index in [1.165, 1.54) is 16.7 Å². The quantitative estimate of drug-likeness (QED) is 0.412. The van der Waals surface area contributed by atoms with Crippen molar-refractivity contribution in [1.29, 1.82) is 0 Å². The van der Waals surface area contributed by atoms with Crippen molar-refractivity contribution < 1.29 is 13.3 Å². The van der Waals surface area contributed by atoms with Gasteiger partial charge in [0.1, 0.15) is 0 Å². The van der Waals surface area contributed by atoms with Crippen LogP contribution < -0.4 is 0 Å². The van der Waals surface area contributed by atoms with Crippen LogP contribution in [-0.4, -0.2) is 29.6 Å². The third-order valence-corrected chi connectivity index (χ3v) is 7.24. The molecule has 3 aromatic rings. The highest BCUT2D eigenvalue weighted by Crippen LogP contribution is 2.40. The van der Waals surface area contributed by atoms with E-state index in [1.807, 2.05) is 24.7 Å². The molecular weight excluding hydrogens is 352 g/mol. The molecule has 0 spiro atoms.